The molecule has 0 spiro atoms. The Morgan fingerprint density at radius 2 is 2.14 bits per heavy atom. The van der Waals surface area contributed by atoms with Crippen LogP contribution in [0.1, 0.15) is 56.8 Å². The van der Waals surface area contributed by atoms with Crippen molar-refractivity contribution in [2.45, 2.75) is 51.2 Å². The van der Waals surface area contributed by atoms with Gasteiger partial charge in [-0.15, -0.1) is 0 Å². The van der Waals surface area contributed by atoms with Crippen LogP contribution < -0.4 is 0 Å². The summed E-state index contributed by atoms with van der Waals surface area (Å²) < 4.78 is 24.7. The zero-order chi connectivity index (χ0) is 15.9. The number of carbonyl (C=O) groups is 1. The van der Waals surface area contributed by atoms with E-state index in [1.165, 1.54) is 4.90 Å². The number of carbonyl (C=O) groups excluding carboxylic acids is 1. The third-order valence-corrected chi connectivity index (χ3v) is 4.17. The van der Waals surface area contributed by atoms with Crippen molar-refractivity contribution in [1.82, 2.24) is 15.0 Å². The zero-order valence-electron chi connectivity index (χ0n) is 13.0. The van der Waals surface area contributed by atoms with Crippen molar-refractivity contribution in [2.24, 2.45) is 0 Å². The molecule has 0 radical (unpaired) electrons. The van der Waals surface area contributed by atoms with E-state index < -0.39 is 17.8 Å². The topological polar surface area (TPSA) is 68.5 Å². The second kappa shape index (κ2) is 5.79. The summed E-state index contributed by atoms with van der Waals surface area (Å²) >= 11 is 0. The third-order valence-electron chi connectivity index (χ3n) is 4.17. The summed E-state index contributed by atoms with van der Waals surface area (Å²) in [5.41, 5.74) is 0.355. The summed E-state index contributed by atoms with van der Waals surface area (Å²) in [7, 11) is 1.58. The van der Waals surface area contributed by atoms with Crippen molar-refractivity contribution in [3.63, 3.8) is 0 Å². The van der Waals surface area contributed by atoms with E-state index in [0.717, 1.165) is 12.8 Å². The van der Waals surface area contributed by atoms with Gasteiger partial charge < -0.3 is 14.2 Å². The van der Waals surface area contributed by atoms with Crippen LogP contribution in [0.5, 0.6) is 0 Å². The van der Waals surface area contributed by atoms with Gasteiger partial charge in [-0.25, -0.2) is 4.39 Å². The molecule has 0 aromatic carbocycles. The van der Waals surface area contributed by atoms with Crippen molar-refractivity contribution in [2.75, 3.05) is 13.7 Å². The highest BCUT2D eigenvalue weighted by Crippen LogP contribution is 2.40. The van der Waals surface area contributed by atoms with E-state index >= 15 is 0 Å². The fourth-order valence-corrected chi connectivity index (χ4v) is 2.66. The monoisotopic (exact) mass is 309 g/mol. The number of allylic oxidation sites excluding steroid dienone is 1. The lowest BCUT2D eigenvalue weighted by Crippen LogP contribution is -2.32. The number of methoxy groups -OCH3 is 1. The molecule has 0 N–H and O–H groups in total. The molecular weight excluding hydrogens is 289 g/mol. The van der Waals surface area contributed by atoms with E-state index in [1.54, 1.807) is 21.0 Å². The maximum absolute atomic E-state index is 14.0. The van der Waals surface area contributed by atoms with E-state index in [9.17, 15) is 9.18 Å². The molecule has 0 bridgehead atoms. The van der Waals surface area contributed by atoms with Crippen molar-refractivity contribution in [3.8, 4) is 0 Å². The predicted molar refractivity (Wildman–Crippen MR) is 75.6 cm³/mol. The van der Waals surface area contributed by atoms with Gasteiger partial charge in [-0.3, -0.25) is 4.79 Å². The first-order chi connectivity index (χ1) is 10.5. The molecular formula is C15H20FN3O3. The van der Waals surface area contributed by atoms with E-state index in [1.807, 2.05) is 0 Å². The quantitative estimate of drug-likeness (QED) is 0.799. The van der Waals surface area contributed by atoms with E-state index in [2.05, 4.69) is 10.1 Å². The summed E-state index contributed by atoms with van der Waals surface area (Å²) in [5, 5.41) is 3.98. The predicted octanol–water partition coefficient (Wildman–Crippen LogP) is 2.50. The van der Waals surface area contributed by atoms with Gasteiger partial charge in [-0.05, 0) is 32.3 Å². The van der Waals surface area contributed by atoms with Gasteiger partial charge in [0, 0.05) is 26.0 Å². The Hall–Kier alpha value is -1.76. The van der Waals surface area contributed by atoms with Gasteiger partial charge in [0.15, 0.2) is 11.7 Å². The second-order valence-electron chi connectivity index (χ2n) is 6.15. The van der Waals surface area contributed by atoms with Crippen LogP contribution in [0, 0.1) is 0 Å². The molecule has 3 rings (SSSR count). The number of likely N-dealkylation sites (tertiary alicyclic amines) is 1. The minimum atomic E-state index is -0.733. The van der Waals surface area contributed by atoms with Crippen LogP contribution in [0.15, 0.2) is 15.9 Å². The van der Waals surface area contributed by atoms with Crippen LogP contribution in [0.2, 0.25) is 0 Å². The molecule has 2 fully saturated rings. The summed E-state index contributed by atoms with van der Waals surface area (Å²) in [4.78, 5) is 18.2. The average Bonchev–Trinajstić information content (AvgIpc) is 3.09. The number of hydrogen-bond donors (Lipinski definition) is 0. The van der Waals surface area contributed by atoms with Crippen molar-refractivity contribution in [1.29, 1.82) is 0 Å². The van der Waals surface area contributed by atoms with Gasteiger partial charge in [-0.1, -0.05) is 5.16 Å². The lowest BCUT2D eigenvalue weighted by atomic mass is 10.2. The maximum Gasteiger partial charge on any atom is 0.283 e. The van der Waals surface area contributed by atoms with Gasteiger partial charge in [-0.2, -0.15) is 4.98 Å². The van der Waals surface area contributed by atoms with Crippen LogP contribution in [0.4, 0.5) is 4.39 Å². The lowest BCUT2D eigenvalue weighted by Gasteiger charge is -2.21. The first-order valence-electron chi connectivity index (χ1n) is 7.51. The highest BCUT2D eigenvalue weighted by Gasteiger charge is 2.41. The van der Waals surface area contributed by atoms with E-state index in [4.69, 9.17) is 9.26 Å². The first-order valence-corrected chi connectivity index (χ1v) is 7.51. The van der Waals surface area contributed by atoms with E-state index in [0.29, 0.717) is 36.2 Å². The van der Waals surface area contributed by atoms with Crippen LogP contribution in [-0.2, 0) is 9.53 Å². The minimum Gasteiger partial charge on any atom is -0.380 e. The molecule has 1 amide bonds. The number of halogens is 1. The normalized spacial score (nSPS) is 24.6. The molecule has 7 heteroatoms. The Morgan fingerprint density at radius 3 is 2.73 bits per heavy atom. The standard InChI is InChI=1S/C15H20FN3O3/c1-8(2)12(16)15(20)19-7-10(21-3)6-11(19)14-17-13(18-22-14)9-4-5-9/h9-11H,4-7H2,1-3H3/t10-,11+/m0/s1. The molecule has 2 aliphatic rings. The molecule has 120 valence electrons. The molecule has 1 aliphatic heterocycles. The van der Waals surface area contributed by atoms with Gasteiger partial charge in [0.2, 0.25) is 5.89 Å². The summed E-state index contributed by atoms with van der Waals surface area (Å²) in [6, 6.07) is -0.428. The molecule has 1 saturated heterocycles. The van der Waals surface area contributed by atoms with E-state index in [-0.39, 0.29) is 6.10 Å². The minimum absolute atomic E-state index is 0.157. The molecule has 1 saturated carbocycles. The molecule has 1 aromatic rings. The number of amides is 1. The highest BCUT2D eigenvalue weighted by atomic mass is 19.1. The first kappa shape index (κ1) is 15.1. The van der Waals surface area contributed by atoms with Gasteiger partial charge in [0.1, 0.15) is 6.04 Å². The van der Waals surface area contributed by atoms with Gasteiger partial charge >= 0.3 is 0 Å². The number of nitrogens with zero attached hydrogens (tertiary/aromatic N) is 3. The Kier molecular flexibility index (Phi) is 3.99. The largest absolute Gasteiger partial charge is 0.380 e. The lowest BCUT2D eigenvalue weighted by molar-refractivity contribution is -0.130. The highest BCUT2D eigenvalue weighted by molar-refractivity contribution is 5.92. The Labute approximate surface area is 128 Å². The fourth-order valence-electron chi connectivity index (χ4n) is 2.66. The Balaban J connectivity index is 1.85. The maximum atomic E-state index is 14.0. The molecule has 0 unspecified atom stereocenters. The molecule has 1 aliphatic carbocycles. The molecule has 1 aromatic heterocycles. The second-order valence-corrected chi connectivity index (χ2v) is 6.15. The van der Waals surface area contributed by atoms with Gasteiger partial charge in [0.25, 0.3) is 5.91 Å². The number of aromatic nitrogens is 2. The van der Waals surface area contributed by atoms with Crippen LogP contribution in [0.3, 0.4) is 0 Å². The number of hydrogen-bond acceptors (Lipinski definition) is 5. The molecule has 6 nitrogen and oxygen atoms in total. The smallest absolute Gasteiger partial charge is 0.283 e. The molecule has 22 heavy (non-hydrogen) atoms. The molecule has 2 heterocycles. The molecule has 2 atom stereocenters. The summed E-state index contributed by atoms with van der Waals surface area (Å²) in [5.74, 6) is 0.0532. The number of rotatable bonds is 4. The van der Waals surface area contributed by atoms with Crippen molar-refractivity contribution in [3.05, 3.63) is 23.1 Å². The Morgan fingerprint density at radius 1 is 1.41 bits per heavy atom. The Bertz CT molecular complexity index is 605. The summed E-state index contributed by atoms with van der Waals surface area (Å²) in [6.45, 7) is 3.47. The summed E-state index contributed by atoms with van der Waals surface area (Å²) in [6.07, 6.45) is 2.51. The van der Waals surface area contributed by atoms with Crippen LogP contribution >= 0.6 is 0 Å². The van der Waals surface area contributed by atoms with Gasteiger partial charge in [0.05, 0.1) is 6.10 Å². The number of ether oxygens (including phenoxy) is 1. The van der Waals surface area contributed by atoms with Crippen molar-refractivity contribution >= 4 is 5.91 Å². The SMILES string of the molecule is CO[C@H]1C[C@H](c2nc(C3CC3)no2)N(C(=O)C(F)=C(C)C)C1. The van der Waals surface area contributed by atoms with Crippen molar-refractivity contribution < 1.29 is 18.4 Å². The third kappa shape index (κ3) is 2.77. The average molecular weight is 309 g/mol. The van der Waals surface area contributed by atoms with Crippen LogP contribution in [-0.4, -0.2) is 40.7 Å². The van der Waals surface area contributed by atoms with Crippen LogP contribution in [0.25, 0.3) is 0 Å². The zero-order valence-corrected chi connectivity index (χ0v) is 13.0. The fraction of sp³-hybridized carbons (Fsp3) is 0.667.